The quantitative estimate of drug-likeness (QED) is 0.798. The van der Waals surface area contributed by atoms with Crippen molar-refractivity contribution in [2.75, 3.05) is 26.1 Å². The Morgan fingerprint density at radius 3 is 2.36 bits per heavy atom. The van der Waals surface area contributed by atoms with Gasteiger partial charge in [-0.3, -0.25) is 4.79 Å². The third-order valence-corrected chi connectivity index (χ3v) is 5.86. The molecule has 148 valence electrons. The highest BCUT2D eigenvalue weighted by Crippen LogP contribution is 2.35. The fraction of sp³-hybridized carbons (Fsp3) is 0.250. The van der Waals surface area contributed by atoms with E-state index in [1.54, 1.807) is 25.3 Å². The molecular weight excluding hydrogens is 380 g/mol. The number of carbonyl (C=O) groups is 1. The molecule has 0 radical (unpaired) electrons. The van der Waals surface area contributed by atoms with Crippen molar-refractivity contribution in [2.45, 2.75) is 18.2 Å². The number of benzene rings is 2. The van der Waals surface area contributed by atoms with Crippen LogP contribution in [0.4, 0.5) is 5.69 Å². The summed E-state index contributed by atoms with van der Waals surface area (Å²) in [7, 11) is -0.587. The predicted octanol–water partition coefficient (Wildman–Crippen LogP) is 2.58. The number of ether oxygens (including phenoxy) is 2. The van der Waals surface area contributed by atoms with Crippen molar-refractivity contribution in [3.05, 3.63) is 52.9 Å². The average molecular weight is 402 g/mol. The van der Waals surface area contributed by atoms with Crippen LogP contribution >= 0.6 is 0 Å². The zero-order valence-electron chi connectivity index (χ0n) is 15.9. The van der Waals surface area contributed by atoms with Crippen LogP contribution in [0.25, 0.3) is 5.70 Å². The molecule has 0 saturated carbocycles. The Morgan fingerprint density at radius 1 is 1.11 bits per heavy atom. The minimum Gasteiger partial charge on any atom is -0.493 e. The van der Waals surface area contributed by atoms with Crippen LogP contribution in [0, 0.1) is 0 Å². The van der Waals surface area contributed by atoms with Crippen LogP contribution < -0.4 is 20.1 Å². The maximum Gasteiger partial charge on any atom is 0.221 e. The SMILES string of the molecule is COc1cc2c(cc1OC)/C(=C/S(=O)(=O)c1ccc(NC(C)=O)cc1)NCC2. The number of carbonyl (C=O) groups excluding carboxylic acids is 1. The minimum atomic E-state index is -3.69. The first-order chi connectivity index (χ1) is 13.3. The number of nitrogens with one attached hydrogen (secondary N) is 2. The number of methoxy groups -OCH3 is 2. The van der Waals surface area contributed by atoms with Gasteiger partial charge in [0.15, 0.2) is 11.5 Å². The van der Waals surface area contributed by atoms with E-state index in [-0.39, 0.29) is 10.8 Å². The van der Waals surface area contributed by atoms with Gasteiger partial charge >= 0.3 is 0 Å². The molecule has 1 aliphatic heterocycles. The summed E-state index contributed by atoms with van der Waals surface area (Å²) < 4.78 is 36.4. The number of hydrogen-bond acceptors (Lipinski definition) is 6. The Morgan fingerprint density at radius 2 is 1.75 bits per heavy atom. The lowest BCUT2D eigenvalue weighted by atomic mass is 9.98. The van der Waals surface area contributed by atoms with Gasteiger partial charge in [0.25, 0.3) is 0 Å². The summed E-state index contributed by atoms with van der Waals surface area (Å²) in [6.07, 6.45) is 0.748. The van der Waals surface area contributed by atoms with Gasteiger partial charge < -0.3 is 20.1 Å². The number of sulfone groups is 1. The van der Waals surface area contributed by atoms with Crippen molar-refractivity contribution in [1.82, 2.24) is 5.32 Å². The van der Waals surface area contributed by atoms with Gasteiger partial charge in [-0.1, -0.05) is 0 Å². The average Bonchev–Trinajstić information content (AvgIpc) is 2.67. The zero-order chi connectivity index (χ0) is 20.3. The molecular formula is C20H22N2O5S. The summed E-state index contributed by atoms with van der Waals surface area (Å²) in [5.41, 5.74) is 2.80. The summed E-state index contributed by atoms with van der Waals surface area (Å²) >= 11 is 0. The Kier molecular flexibility index (Phi) is 5.60. The van der Waals surface area contributed by atoms with Gasteiger partial charge in [-0.05, 0) is 48.4 Å². The second-order valence-electron chi connectivity index (χ2n) is 6.32. The second-order valence-corrected chi connectivity index (χ2v) is 8.12. The first kappa shape index (κ1) is 19.8. The Balaban J connectivity index is 1.98. The van der Waals surface area contributed by atoms with E-state index in [1.165, 1.54) is 31.6 Å². The molecule has 1 amide bonds. The van der Waals surface area contributed by atoms with E-state index in [9.17, 15) is 13.2 Å². The predicted molar refractivity (Wildman–Crippen MR) is 107 cm³/mol. The van der Waals surface area contributed by atoms with Crippen molar-refractivity contribution in [2.24, 2.45) is 0 Å². The molecule has 7 nitrogen and oxygen atoms in total. The molecule has 0 atom stereocenters. The van der Waals surface area contributed by atoms with E-state index in [1.807, 2.05) is 6.07 Å². The molecule has 0 aromatic heterocycles. The van der Waals surface area contributed by atoms with Gasteiger partial charge in [-0.2, -0.15) is 0 Å². The summed E-state index contributed by atoms with van der Waals surface area (Å²) in [4.78, 5) is 11.2. The number of fused-ring (bicyclic) bond motifs is 1. The van der Waals surface area contributed by atoms with Crippen LogP contribution in [0.15, 0.2) is 46.7 Å². The van der Waals surface area contributed by atoms with Gasteiger partial charge in [0.2, 0.25) is 15.7 Å². The van der Waals surface area contributed by atoms with Crippen LogP contribution in [-0.2, 0) is 21.1 Å². The topological polar surface area (TPSA) is 93.7 Å². The van der Waals surface area contributed by atoms with Gasteiger partial charge in [0.05, 0.1) is 30.2 Å². The third-order valence-electron chi connectivity index (χ3n) is 4.39. The lowest BCUT2D eigenvalue weighted by Crippen LogP contribution is -2.23. The van der Waals surface area contributed by atoms with Crippen LogP contribution in [0.3, 0.4) is 0 Å². The highest BCUT2D eigenvalue weighted by Gasteiger charge is 2.21. The molecule has 1 aliphatic rings. The standard InChI is InChI=1S/C20H22N2O5S/c1-13(23)22-15-4-6-16(7-5-15)28(24,25)12-18-17-11-20(27-3)19(26-2)10-14(17)8-9-21-18/h4-7,10-12,21H,8-9H2,1-3H3,(H,22,23)/b18-12-. The molecule has 8 heteroatoms. The third kappa shape index (κ3) is 4.12. The Labute approximate surface area is 164 Å². The highest BCUT2D eigenvalue weighted by atomic mass is 32.2. The summed E-state index contributed by atoms with van der Waals surface area (Å²) in [6, 6.07) is 9.71. The van der Waals surface area contributed by atoms with Crippen LogP contribution in [-0.4, -0.2) is 35.1 Å². The number of rotatable bonds is 5. The number of amides is 1. The fourth-order valence-electron chi connectivity index (χ4n) is 3.07. The molecule has 0 fully saturated rings. The van der Waals surface area contributed by atoms with E-state index in [0.717, 1.165) is 17.5 Å². The molecule has 3 rings (SSSR count). The normalized spacial score (nSPS) is 14.8. The Bertz CT molecular complexity index is 1030. The van der Waals surface area contributed by atoms with Crippen molar-refractivity contribution in [1.29, 1.82) is 0 Å². The van der Waals surface area contributed by atoms with E-state index in [4.69, 9.17) is 9.47 Å². The summed E-state index contributed by atoms with van der Waals surface area (Å²) in [5.74, 6) is 0.928. The zero-order valence-corrected chi connectivity index (χ0v) is 16.7. The minimum absolute atomic E-state index is 0.142. The number of hydrogen-bond donors (Lipinski definition) is 2. The van der Waals surface area contributed by atoms with Crippen molar-refractivity contribution < 1.29 is 22.7 Å². The monoisotopic (exact) mass is 402 g/mol. The van der Waals surface area contributed by atoms with E-state index < -0.39 is 9.84 Å². The molecule has 0 bridgehead atoms. The van der Waals surface area contributed by atoms with Crippen molar-refractivity contribution in [3.63, 3.8) is 0 Å². The molecule has 0 spiro atoms. The molecule has 0 aliphatic carbocycles. The maximum absolute atomic E-state index is 12.9. The molecule has 28 heavy (non-hydrogen) atoms. The largest absolute Gasteiger partial charge is 0.493 e. The Hall–Kier alpha value is -3.00. The first-order valence-electron chi connectivity index (χ1n) is 8.67. The van der Waals surface area contributed by atoms with E-state index >= 15 is 0 Å². The van der Waals surface area contributed by atoms with Gasteiger partial charge in [-0.25, -0.2) is 8.42 Å². The fourth-order valence-corrected chi connectivity index (χ4v) is 4.24. The number of anilines is 1. The van der Waals surface area contributed by atoms with Gasteiger partial charge in [-0.15, -0.1) is 0 Å². The summed E-state index contributed by atoms with van der Waals surface area (Å²) in [6.45, 7) is 2.01. The van der Waals surface area contributed by atoms with Crippen molar-refractivity contribution >= 4 is 27.1 Å². The molecule has 0 saturated heterocycles. The molecule has 0 unspecified atom stereocenters. The van der Waals surface area contributed by atoms with E-state index in [2.05, 4.69) is 10.6 Å². The second kappa shape index (κ2) is 7.93. The lowest BCUT2D eigenvalue weighted by molar-refractivity contribution is -0.114. The lowest BCUT2D eigenvalue weighted by Gasteiger charge is -2.23. The molecule has 2 aromatic rings. The van der Waals surface area contributed by atoms with Crippen LogP contribution in [0.5, 0.6) is 11.5 Å². The smallest absolute Gasteiger partial charge is 0.221 e. The molecule has 1 heterocycles. The summed E-state index contributed by atoms with van der Waals surface area (Å²) in [5, 5.41) is 7.00. The van der Waals surface area contributed by atoms with Crippen LogP contribution in [0.1, 0.15) is 18.1 Å². The van der Waals surface area contributed by atoms with Crippen molar-refractivity contribution in [3.8, 4) is 11.5 Å². The highest BCUT2D eigenvalue weighted by molar-refractivity contribution is 7.94. The molecule has 2 N–H and O–H groups in total. The van der Waals surface area contributed by atoms with E-state index in [0.29, 0.717) is 29.4 Å². The van der Waals surface area contributed by atoms with Gasteiger partial charge in [0.1, 0.15) is 0 Å². The maximum atomic E-state index is 12.9. The van der Waals surface area contributed by atoms with Crippen LogP contribution in [0.2, 0.25) is 0 Å². The molecule has 2 aromatic carbocycles. The first-order valence-corrected chi connectivity index (χ1v) is 10.2. The van der Waals surface area contributed by atoms with Gasteiger partial charge in [0, 0.05) is 24.7 Å².